The Balaban J connectivity index is 2.76. The van der Waals surface area contributed by atoms with Gasteiger partial charge in [-0.05, 0) is 56.4 Å². The van der Waals surface area contributed by atoms with Crippen LogP contribution >= 0.6 is 0 Å². The summed E-state index contributed by atoms with van der Waals surface area (Å²) in [4.78, 5) is 0. The maximum atomic E-state index is 9.50. The van der Waals surface area contributed by atoms with Crippen LogP contribution in [-0.4, -0.2) is 17.3 Å². The van der Waals surface area contributed by atoms with Crippen molar-refractivity contribution in [2.45, 2.75) is 59.5 Å². The van der Waals surface area contributed by atoms with Crippen LogP contribution in [0.5, 0.6) is 0 Å². The summed E-state index contributed by atoms with van der Waals surface area (Å²) < 4.78 is 0. The van der Waals surface area contributed by atoms with Crippen molar-refractivity contribution in [1.29, 1.82) is 0 Å². The fraction of sp³-hybridized carbons (Fsp3) is 0.625. The number of aryl methyl sites for hydroxylation is 3. The Bertz CT molecular complexity index is 400. The van der Waals surface area contributed by atoms with Gasteiger partial charge in [-0.3, -0.25) is 0 Å². The van der Waals surface area contributed by atoms with Crippen LogP contribution < -0.4 is 5.32 Å². The minimum Gasteiger partial charge on any atom is -0.394 e. The molecular weight excluding hydrogens is 222 g/mol. The zero-order valence-electron chi connectivity index (χ0n) is 12.4. The molecule has 1 aromatic rings. The van der Waals surface area contributed by atoms with E-state index in [-0.39, 0.29) is 12.1 Å². The fourth-order valence-corrected chi connectivity index (χ4v) is 2.29. The van der Waals surface area contributed by atoms with Crippen LogP contribution in [0.15, 0.2) is 12.1 Å². The highest BCUT2D eigenvalue weighted by Gasteiger charge is 2.21. The lowest BCUT2D eigenvalue weighted by molar-refractivity contribution is 0.163. The van der Waals surface area contributed by atoms with Crippen LogP contribution in [-0.2, 0) is 6.54 Å². The second-order valence-electron chi connectivity index (χ2n) is 5.69. The van der Waals surface area contributed by atoms with Gasteiger partial charge in [0.15, 0.2) is 0 Å². The zero-order chi connectivity index (χ0) is 13.8. The number of aliphatic hydroxyl groups excluding tert-OH is 1. The van der Waals surface area contributed by atoms with Crippen molar-refractivity contribution in [3.8, 4) is 0 Å². The molecule has 0 bridgehead atoms. The molecule has 0 fully saturated rings. The van der Waals surface area contributed by atoms with Crippen molar-refractivity contribution in [3.05, 3.63) is 34.4 Å². The van der Waals surface area contributed by atoms with Gasteiger partial charge in [-0.2, -0.15) is 0 Å². The predicted molar refractivity (Wildman–Crippen MR) is 77.9 cm³/mol. The average Bonchev–Trinajstić information content (AvgIpc) is 2.32. The molecule has 1 rings (SSSR count). The normalized spacial score (nSPS) is 14.6. The highest BCUT2D eigenvalue weighted by molar-refractivity contribution is 5.36. The number of hydrogen-bond donors (Lipinski definition) is 2. The zero-order valence-corrected chi connectivity index (χ0v) is 12.4. The van der Waals surface area contributed by atoms with Gasteiger partial charge < -0.3 is 10.4 Å². The summed E-state index contributed by atoms with van der Waals surface area (Å²) in [5.74, 6) is 0. The lowest BCUT2D eigenvalue weighted by Gasteiger charge is -2.29. The Morgan fingerprint density at radius 2 is 1.72 bits per heavy atom. The van der Waals surface area contributed by atoms with E-state index in [2.05, 4.69) is 52.1 Å². The van der Waals surface area contributed by atoms with Crippen molar-refractivity contribution in [2.24, 2.45) is 0 Å². The lowest BCUT2D eigenvalue weighted by atomic mass is 9.95. The van der Waals surface area contributed by atoms with E-state index in [1.807, 2.05) is 0 Å². The fourth-order valence-electron chi connectivity index (χ4n) is 2.29. The van der Waals surface area contributed by atoms with Crippen LogP contribution in [0, 0.1) is 20.8 Å². The van der Waals surface area contributed by atoms with E-state index >= 15 is 0 Å². The van der Waals surface area contributed by atoms with Crippen LogP contribution in [0.2, 0.25) is 0 Å². The SMILES string of the molecule is CCCC(C)(CO)NCc1cc(C)c(C)cc1C. The van der Waals surface area contributed by atoms with Gasteiger partial charge in [0.2, 0.25) is 0 Å². The second kappa shape index (κ2) is 6.35. The number of nitrogens with one attached hydrogen (secondary N) is 1. The first-order chi connectivity index (χ1) is 8.41. The number of aliphatic hydroxyl groups is 1. The van der Waals surface area contributed by atoms with Gasteiger partial charge in [0.1, 0.15) is 0 Å². The topological polar surface area (TPSA) is 32.3 Å². The van der Waals surface area contributed by atoms with E-state index in [0.29, 0.717) is 0 Å². The maximum absolute atomic E-state index is 9.50. The summed E-state index contributed by atoms with van der Waals surface area (Å²) in [5.41, 5.74) is 5.16. The monoisotopic (exact) mass is 249 g/mol. The molecule has 2 nitrogen and oxygen atoms in total. The Kier molecular flexibility index (Phi) is 5.36. The Hall–Kier alpha value is -0.860. The molecule has 2 heteroatoms. The quantitative estimate of drug-likeness (QED) is 0.811. The van der Waals surface area contributed by atoms with Gasteiger partial charge in [0.25, 0.3) is 0 Å². The van der Waals surface area contributed by atoms with Crippen LogP contribution in [0.1, 0.15) is 48.9 Å². The minimum absolute atomic E-state index is 0.167. The molecular formula is C16H27NO. The Morgan fingerprint density at radius 3 is 2.28 bits per heavy atom. The lowest BCUT2D eigenvalue weighted by Crippen LogP contribution is -2.45. The third-order valence-corrected chi connectivity index (χ3v) is 3.81. The van der Waals surface area contributed by atoms with Gasteiger partial charge in [-0.25, -0.2) is 0 Å². The highest BCUT2D eigenvalue weighted by Crippen LogP contribution is 2.17. The first kappa shape index (κ1) is 15.2. The van der Waals surface area contributed by atoms with Crippen LogP contribution in [0.3, 0.4) is 0 Å². The first-order valence-corrected chi connectivity index (χ1v) is 6.84. The second-order valence-corrected chi connectivity index (χ2v) is 5.69. The van der Waals surface area contributed by atoms with Crippen molar-refractivity contribution >= 4 is 0 Å². The molecule has 2 N–H and O–H groups in total. The van der Waals surface area contributed by atoms with Gasteiger partial charge in [-0.15, -0.1) is 0 Å². The predicted octanol–water partition coefficient (Wildman–Crippen LogP) is 3.25. The standard InChI is InChI=1S/C16H27NO/c1-6-7-16(5,11-18)17-10-15-9-13(3)12(2)8-14(15)4/h8-9,17-18H,6-7,10-11H2,1-5H3. The van der Waals surface area contributed by atoms with Crippen LogP contribution in [0.25, 0.3) is 0 Å². The molecule has 1 atom stereocenters. The molecule has 0 heterocycles. The van der Waals surface area contributed by atoms with Crippen molar-refractivity contribution in [3.63, 3.8) is 0 Å². The van der Waals surface area contributed by atoms with Gasteiger partial charge in [0.05, 0.1) is 6.61 Å². The summed E-state index contributed by atoms with van der Waals surface area (Å²) >= 11 is 0. The summed E-state index contributed by atoms with van der Waals surface area (Å²) in [5, 5.41) is 13.0. The third kappa shape index (κ3) is 3.82. The van der Waals surface area contributed by atoms with E-state index in [1.54, 1.807) is 0 Å². The molecule has 0 aromatic heterocycles. The summed E-state index contributed by atoms with van der Waals surface area (Å²) in [6, 6.07) is 4.49. The molecule has 0 aliphatic heterocycles. The van der Waals surface area contributed by atoms with Crippen molar-refractivity contribution in [2.75, 3.05) is 6.61 Å². The molecule has 1 unspecified atom stereocenters. The van der Waals surface area contributed by atoms with Crippen molar-refractivity contribution in [1.82, 2.24) is 5.32 Å². The molecule has 0 amide bonds. The van der Waals surface area contributed by atoms with Crippen molar-refractivity contribution < 1.29 is 5.11 Å². The largest absolute Gasteiger partial charge is 0.394 e. The Labute approximate surface area is 111 Å². The molecule has 0 spiro atoms. The van der Waals surface area contributed by atoms with E-state index in [0.717, 1.165) is 19.4 Å². The highest BCUT2D eigenvalue weighted by atomic mass is 16.3. The number of benzene rings is 1. The molecule has 1 aromatic carbocycles. The number of hydrogen-bond acceptors (Lipinski definition) is 2. The van der Waals surface area contributed by atoms with E-state index in [4.69, 9.17) is 0 Å². The summed E-state index contributed by atoms with van der Waals surface area (Å²) in [6.45, 7) is 11.7. The van der Waals surface area contributed by atoms with Gasteiger partial charge >= 0.3 is 0 Å². The first-order valence-electron chi connectivity index (χ1n) is 6.84. The molecule has 102 valence electrons. The van der Waals surface area contributed by atoms with E-state index < -0.39 is 0 Å². The summed E-state index contributed by atoms with van der Waals surface area (Å²) in [7, 11) is 0. The Morgan fingerprint density at radius 1 is 1.11 bits per heavy atom. The smallest absolute Gasteiger partial charge is 0.0610 e. The molecule has 0 saturated carbocycles. The van der Waals surface area contributed by atoms with Gasteiger partial charge in [-0.1, -0.05) is 25.5 Å². The third-order valence-electron chi connectivity index (χ3n) is 3.81. The average molecular weight is 249 g/mol. The minimum atomic E-state index is -0.167. The molecule has 0 saturated heterocycles. The molecule has 0 aliphatic carbocycles. The molecule has 18 heavy (non-hydrogen) atoms. The number of rotatable bonds is 6. The van der Waals surface area contributed by atoms with E-state index in [9.17, 15) is 5.11 Å². The molecule has 0 radical (unpaired) electrons. The van der Waals surface area contributed by atoms with E-state index in [1.165, 1.54) is 22.3 Å². The molecule has 0 aliphatic rings. The maximum Gasteiger partial charge on any atom is 0.0610 e. The van der Waals surface area contributed by atoms with Crippen LogP contribution in [0.4, 0.5) is 0 Å². The van der Waals surface area contributed by atoms with Gasteiger partial charge in [0, 0.05) is 12.1 Å². The summed E-state index contributed by atoms with van der Waals surface area (Å²) in [6.07, 6.45) is 2.07.